The summed E-state index contributed by atoms with van der Waals surface area (Å²) >= 11 is 1.60. The van der Waals surface area contributed by atoms with Gasteiger partial charge < -0.3 is 5.32 Å². The predicted octanol–water partition coefficient (Wildman–Crippen LogP) is 3.56. The second-order valence-corrected chi connectivity index (χ2v) is 8.95. The van der Waals surface area contributed by atoms with Crippen LogP contribution >= 0.6 is 11.3 Å². The lowest BCUT2D eigenvalue weighted by atomic mass is 10.1. The van der Waals surface area contributed by atoms with Gasteiger partial charge in [0.1, 0.15) is 5.82 Å². The molecule has 2 rings (SSSR count). The number of hydrogen-bond donors (Lipinski definition) is 1. The summed E-state index contributed by atoms with van der Waals surface area (Å²) in [5.74, 6) is -0.586. The number of thiophene rings is 1. The van der Waals surface area contributed by atoms with Crippen LogP contribution in [0.2, 0.25) is 0 Å². The number of carbonyl (C=O) groups is 1. The van der Waals surface area contributed by atoms with Crippen LogP contribution < -0.4 is 5.32 Å². The molecule has 1 N–H and O–H groups in total. The van der Waals surface area contributed by atoms with Crippen LogP contribution in [-0.4, -0.2) is 32.2 Å². The maximum atomic E-state index is 13.0. The Balaban J connectivity index is 1.84. The molecule has 0 spiro atoms. The van der Waals surface area contributed by atoms with Crippen LogP contribution in [0, 0.1) is 5.82 Å². The zero-order valence-corrected chi connectivity index (χ0v) is 16.4. The molecule has 0 saturated heterocycles. The van der Waals surface area contributed by atoms with Crippen LogP contribution in [0.5, 0.6) is 0 Å². The van der Waals surface area contributed by atoms with Crippen molar-refractivity contribution >= 4 is 27.3 Å². The van der Waals surface area contributed by atoms with Gasteiger partial charge in [0.15, 0.2) is 0 Å². The number of carbonyl (C=O) groups excluding carboxylic acids is 1. The highest BCUT2D eigenvalue weighted by atomic mass is 32.2. The van der Waals surface area contributed by atoms with Crippen molar-refractivity contribution in [2.45, 2.75) is 37.1 Å². The van der Waals surface area contributed by atoms with Gasteiger partial charge in [-0.05, 0) is 48.6 Å². The molecule has 0 aliphatic rings. The van der Waals surface area contributed by atoms with Crippen molar-refractivity contribution < 1.29 is 17.6 Å². The van der Waals surface area contributed by atoms with E-state index >= 15 is 0 Å². The van der Waals surface area contributed by atoms with Crippen LogP contribution in [0.4, 0.5) is 4.39 Å². The molecular formula is C18H23FN2O3S2. The molecule has 0 radical (unpaired) electrons. The van der Waals surface area contributed by atoms with Crippen molar-refractivity contribution in [3.63, 3.8) is 0 Å². The van der Waals surface area contributed by atoms with Crippen molar-refractivity contribution in [3.05, 3.63) is 52.5 Å². The van der Waals surface area contributed by atoms with E-state index < -0.39 is 15.8 Å². The van der Waals surface area contributed by atoms with Gasteiger partial charge in [0, 0.05) is 24.9 Å². The third kappa shape index (κ3) is 5.36. The average Bonchev–Trinajstić information content (AvgIpc) is 3.14. The normalized spacial score (nSPS) is 12.9. The Hall–Kier alpha value is -1.77. The van der Waals surface area contributed by atoms with Crippen LogP contribution in [0.25, 0.3) is 0 Å². The minimum absolute atomic E-state index is 0.0109. The molecule has 1 atom stereocenters. The molecule has 2 aromatic rings. The van der Waals surface area contributed by atoms with Crippen molar-refractivity contribution in [2.24, 2.45) is 0 Å². The largest absolute Gasteiger partial charge is 0.348 e. The number of sulfonamides is 1. The SMILES string of the molecule is CCC(NC(=O)CCCN(C)S(=O)(=O)c1ccc(F)cc1)c1cccs1. The van der Waals surface area contributed by atoms with Crippen molar-refractivity contribution in [3.8, 4) is 0 Å². The molecular weight excluding hydrogens is 375 g/mol. The Morgan fingerprint density at radius 1 is 1.27 bits per heavy atom. The zero-order chi connectivity index (χ0) is 19.2. The highest BCUT2D eigenvalue weighted by Gasteiger charge is 2.21. The summed E-state index contributed by atoms with van der Waals surface area (Å²) in [6.07, 6.45) is 1.44. The second kappa shape index (κ2) is 9.25. The first kappa shape index (κ1) is 20.5. The summed E-state index contributed by atoms with van der Waals surface area (Å²) in [4.78, 5) is 13.3. The van der Waals surface area contributed by atoms with Gasteiger partial charge in [-0.15, -0.1) is 11.3 Å². The smallest absolute Gasteiger partial charge is 0.242 e. The number of benzene rings is 1. The topological polar surface area (TPSA) is 66.5 Å². The lowest BCUT2D eigenvalue weighted by molar-refractivity contribution is -0.122. The molecule has 8 heteroatoms. The van der Waals surface area contributed by atoms with Gasteiger partial charge in [0.25, 0.3) is 0 Å². The van der Waals surface area contributed by atoms with Gasteiger partial charge in [-0.3, -0.25) is 4.79 Å². The first-order valence-electron chi connectivity index (χ1n) is 8.39. The van der Waals surface area contributed by atoms with E-state index in [1.54, 1.807) is 11.3 Å². The van der Waals surface area contributed by atoms with Gasteiger partial charge >= 0.3 is 0 Å². The van der Waals surface area contributed by atoms with E-state index in [1.165, 1.54) is 23.5 Å². The molecule has 1 unspecified atom stereocenters. The van der Waals surface area contributed by atoms with Gasteiger partial charge in [-0.25, -0.2) is 17.1 Å². The molecule has 1 amide bonds. The van der Waals surface area contributed by atoms with E-state index in [0.717, 1.165) is 23.4 Å². The van der Waals surface area contributed by atoms with Crippen molar-refractivity contribution in [2.75, 3.05) is 13.6 Å². The molecule has 1 aromatic carbocycles. The van der Waals surface area contributed by atoms with Gasteiger partial charge in [0.05, 0.1) is 10.9 Å². The summed E-state index contributed by atoms with van der Waals surface area (Å²) in [5.41, 5.74) is 0. The highest BCUT2D eigenvalue weighted by Crippen LogP contribution is 2.22. The Labute approximate surface area is 157 Å². The first-order valence-corrected chi connectivity index (χ1v) is 10.7. The quantitative estimate of drug-likeness (QED) is 0.702. The number of rotatable bonds is 9. The van der Waals surface area contributed by atoms with E-state index in [2.05, 4.69) is 5.32 Å². The molecule has 0 fully saturated rings. The molecule has 5 nitrogen and oxygen atoms in total. The molecule has 0 aliphatic carbocycles. The molecule has 26 heavy (non-hydrogen) atoms. The maximum Gasteiger partial charge on any atom is 0.242 e. The van der Waals surface area contributed by atoms with Gasteiger partial charge in [-0.1, -0.05) is 13.0 Å². The summed E-state index contributed by atoms with van der Waals surface area (Å²) < 4.78 is 38.9. The van der Waals surface area contributed by atoms with Gasteiger partial charge in [-0.2, -0.15) is 0 Å². The number of nitrogens with zero attached hydrogens (tertiary/aromatic N) is 1. The first-order chi connectivity index (χ1) is 12.3. The molecule has 1 heterocycles. The fraction of sp³-hybridized carbons (Fsp3) is 0.389. The van der Waals surface area contributed by atoms with Crippen LogP contribution in [0.1, 0.15) is 37.1 Å². The lowest BCUT2D eigenvalue weighted by Crippen LogP contribution is -2.31. The van der Waals surface area contributed by atoms with Crippen molar-refractivity contribution in [1.29, 1.82) is 0 Å². The van der Waals surface area contributed by atoms with E-state index in [1.807, 2.05) is 24.4 Å². The second-order valence-electron chi connectivity index (χ2n) is 5.93. The van der Waals surface area contributed by atoms with E-state index in [0.29, 0.717) is 6.42 Å². The summed E-state index contributed by atoms with van der Waals surface area (Å²) in [6.45, 7) is 2.22. The summed E-state index contributed by atoms with van der Waals surface area (Å²) in [6, 6.07) is 8.63. The lowest BCUT2D eigenvalue weighted by Gasteiger charge is -2.18. The minimum atomic E-state index is -3.68. The third-order valence-corrected chi connectivity index (χ3v) is 6.89. The minimum Gasteiger partial charge on any atom is -0.348 e. The average molecular weight is 399 g/mol. The van der Waals surface area contributed by atoms with Crippen LogP contribution in [-0.2, 0) is 14.8 Å². The number of nitrogens with one attached hydrogen (secondary N) is 1. The zero-order valence-electron chi connectivity index (χ0n) is 14.8. The van der Waals surface area contributed by atoms with E-state index in [9.17, 15) is 17.6 Å². The molecule has 142 valence electrons. The number of hydrogen-bond acceptors (Lipinski definition) is 4. The number of halogens is 1. The molecule has 1 aromatic heterocycles. The number of amides is 1. The van der Waals surface area contributed by atoms with Crippen LogP contribution in [0.3, 0.4) is 0 Å². The Kier molecular flexibility index (Phi) is 7.31. The van der Waals surface area contributed by atoms with E-state index in [-0.39, 0.29) is 29.8 Å². The monoisotopic (exact) mass is 398 g/mol. The Morgan fingerprint density at radius 3 is 2.54 bits per heavy atom. The van der Waals surface area contributed by atoms with Gasteiger partial charge in [0.2, 0.25) is 15.9 Å². The maximum absolute atomic E-state index is 13.0. The molecule has 0 aliphatic heterocycles. The molecule has 0 bridgehead atoms. The Bertz CT molecular complexity index is 805. The summed E-state index contributed by atoms with van der Waals surface area (Å²) in [7, 11) is -2.22. The molecule has 0 saturated carbocycles. The van der Waals surface area contributed by atoms with Crippen LogP contribution in [0.15, 0.2) is 46.7 Å². The highest BCUT2D eigenvalue weighted by molar-refractivity contribution is 7.89. The Morgan fingerprint density at radius 2 is 1.96 bits per heavy atom. The summed E-state index contributed by atoms with van der Waals surface area (Å²) in [5, 5.41) is 4.95. The fourth-order valence-electron chi connectivity index (χ4n) is 2.50. The standard InChI is InChI=1S/C18H23FN2O3S2/c1-3-16(17-6-5-13-25-17)20-18(22)7-4-12-21(2)26(23,24)15-10-8-14(19)9-11-15/h5-6,8-11,13,16H,3-4,7,12H2,1-2H3,(H,20,22). The third-order valence-electron chi connectivity index (χ3n) is 4.03. The van der Waals surface area contributed by atoms with E-state index in [4.69, 9.17) is 0 Å². The predicted molar refractivity (Wildman–Crippen MR) is 101 cm³/mol. The fourth-order valence-corrected chi connectivity index (χ4v) is 4.57. The van der Waals surface area contributed by atoms with Crippen molar-refractivity contribution in [1.82, 2.24) is 9.62 Å².